The molecule has 0 spiro atoms. The number of hydrogen-bond donors (Lipinski definition) is 1. The fourth-order valence-corrected chi connectivity index (χ4v) is 2.38. The Kier molecular flexibility index (Phi) is 5.02. The molecule has 1 aromatic carbocycles. The van der Waals surface area contributed by atoms with Crippen LogP contribution in [0.2, 0.25) is 0 Å². The summed E-state index contributed by atoms with van der Waals surface area (Å²) in [5.74, 6) is 0. The third-order valence-electron chi connectivity index (χ3n) is 3.38. The Labute approximate surface area is 104 Å². The van der Waals surface area contributed by atoms with Crippen molar-refractivity contribution in [3.05, 3.63) is 35.4 Å². The van der Waals surface area contributed by atoms with E-state index in [1.807, 2.05) is 0 Å². The molecule has 0 radical (unpaired) electrons. The summed E-state index contributed by atoms with van der Waals surface area (Å²) in [6, 6.07) is 8.66. The van der Waals surface area contributed by atoms with Gasteiger partial charge < -0.3 is 10.1 Å². The van der Waals surface area contributed by atoms with Crippen molar-refractivity contribution < 1.29 is 4.74 Å². The molecule has 1 aliphatic rings. The minimum atomic E-state index is 0.251. The molecular weight excluding hydrogens is 210 g/mol. The summed E-state index contributed by atoms with van der Waals surface area (Å²) in [6.07, 6.45) is 5.17. The van der Waals surface area contributed by atoms with Crippen LogP contribution in [0.3, 0.4) is 0 Å². The molecule has 2 rings (SSSR count). The van der Waals surface area contributed by atoms with E-state index in [0.29, 0.717) is 0 Å². The molecule has 0 fully saturated rings. The summed E-state index contributed by atoms with van der Waals surface area (Å²) < 4.78 is 5.85. The van der Waals surface area contributed by atoms with Gasteiger partial charge in [-0.25, -0.2) is 0 Å². The van der Waals surface area contributed by atoms with Gasteiger partial charge in [0.2, 0.25) is 0 Å². The molecule has 0 bridgehead atoms. The van der Waals surface area contributed by atoms with Crippen molar-refractivity contribution in [3.8, 4) is 0 Å². The SMILES string of the molecule is CCCCCNCC1OCCc2ccccc21. The van der Waals surface area contributed by atoms with Crippen molar-refractivity contribution in [3.63, 3.8) is 0 Å². The average Bonchev–Trinajstić information content (AvgIpc) is 2.39. The molecule has 94 valence electrons. The molecule has 0 aliphatic carbocycles. The van der Waals surface area contributed by atoms with E-state index < -0.39 is 0 Å². The second-order valence-corrected chi connectivity index (χ2v) is 4.72. The van der Waals surface area contributed by atoms with Crippen molar-refractivity contribution in [2.24, 2.45) is 0 Å². The molecular formula is C15H23NO. The lowest BCUT2D eigenvalue weighted by molar-refractivity contribution is 0.0426. The minimum Gasteiger partial charge on any atom is -0.372 e. The predicted molar refractivity (Wildman–Crippen MR) is 71.2 cm³/mol. The van der Waals surface area contributed by atoms with E-state index in [2.05, 4.69) is 36.5 Å². The zero-order valence-electron chi connectivity index (χ0n) is 10.7. The second-order valence-electron chi connectivity index (χ2n) is 4.72. The molecule has 1 N–H and O–H groups in total. The van der Waals surface area contributed by atoms with Gasteiger partial charge in [-0.15, -0.1) is 0 Å². The topological polar surface area (TPSA) is 21.3 Å². The van der Waals surface area contributed by atoms with Gasteiger partial charge in [0, 0.05) is 6.54 Å². The molecule has 2 nitrogen and oxygen atoms in total. The van der Waals surface area contributed by atoms with Gasteiger partial charge in [-0.3, -0.25) is 0 Å². The Bertz CT molecular complexity index is 337. The number of nitrogens with one attached hydrogen (secondary N) is 1. The molecule has 2 heteroatoms. The van der Waals surface area contributed by atoms with E-state index in [4.69, 9.17) is 4.74 Å². The van der Waals surface area contributed by atoms with Gasteiger partial charge in [0.15, 0.2) is 0 Å². The predicted octanol–water partition coefficient (Wildman–Crippen LogP) is 3.08. The summed E-state index contributed by atoms with van der Waals surface area (Å²) in [5, 5.41) is 3.51. The summed E-state index contributed by atoms with van der Waals surface area (Å²) in [4.78, 5) is 0. The molecule has 1 aliphatic heterocycles. The van der Waals surface area contributed by atoms with E-state index in [9.17, 15) is 0 Å². The van der Waals surface area contributed by atoms with E-state index in [-0.39, 0.29) is 6.10 Å². The molecule has 0 amide bonds. The highest BCUT2D eigenvalue weighted by atomic mass is 16.5. The van der Waals surface area contributed by atoms with Gasteiger partial charge in [-0.1, -0.05) is 44.0 Å². The van der Waals surface area contributed by atoms with Crippen LogP contribution in [0.4, 0.5) is 0 Å². The summed E-state index contributed by atoms with van der Waals surface area (Å²) in [5.41, 5.74) is 2.83. The largest absolute Gasteiger partial charge is 0.372 e. The number of benzene rings is 1. The van der Waals surface area contributed by atoms with Gasteiger partial charge in [0.05, 0.1) is 12.7 Å². The third-order valence-corrected chi connectivity index (χ3v) is 3.38. The molecule has 1 atom stereocenters. The standard InChI is InChI=1S/C15H23NO/c1-2-3-6-10-16-12-15-14-8-5-4-7-13(14)9-11-17-15/h4-5,7-8,15-16H,2-3,6,9-12H2,1H3. The Balaban J connectivity index is 1.82. The maximum Gasteiger partial charge on any atom is 0.0952 e. The number of ether oxygens (including phenoxy) is 1. The second kappa shape index (κ2) is 6.77. The monoisotopic (exact) mass is 233 g/mol. The fraction of sp³-hybridized carbons (Fsp3) is 0.600. The Morgan fingerprint density at radius 1 is 1.29 bits per heavy atom. The molecule has 0 saturated carbocycles. The van der Waals surface area contributed by atoms with E-state index in [0.717, 1.165) is 26.1 Å². The third kappa shape index (κ3) is 3.55. The van der Waals surface area contributed by atoms with Crippen LogP contribution in [0.25, 0.3) is 0 Å². The highest BCUT2D eigenvalue weighted by Gasteiger charge is 2.19. The number of hydrogen-bond acceptors (Lipinski definition) is 2. The highest BCUT2D eigenvalue weighted by molar-refractivity contribution is 5.31. The molecule has 17 heavy (non-hydrogen) atoms. The number of unbranched alkanes of at least 4 members (excludes halogenated alkanes) is 2. The first-order valence-corrected chi connectivity index (χ1v) is 6.82. The van der Waals surface area contributed by atoms with Crippen LogP contribution in [-0.2, 0) is 11.2 Å². The Hall–Kier alpha value is -0.860. The first kappa shape index (κ1) is 12.6. The van der Waals surface area contributed by atoms with E-state index in [1.54, 1.807) is 0 Å². The highest BCUT2D eigenvalue weighted by Crippen LogP contribution is 2.26. The van der Waals surface area contributed by atoms with E-state index in [1.165, 1.54) is 30.4 Å². The lowest BCUT2D eigenvalue weighted by Crippen LogP contribution is -2.28. The van der Waals surface area contributed by atoms with Crippen LogP contribution < -0.4 is 5.32 Å². The lowest BCUT2D eigenvalue weighted by atomic mass is 9.97. The number of rotatable bonds is 6. The van der Waals surface area contributed by atoms with Gasteiger partial charge >= 0.3 is 0 Å². The van der Waals surface area contributed by atoms with Crippen LogP contribution in [0.5, 0.6) is 0 Å². The zero-order chi connectivity index (χ0) is 11.9. The van der Waals surface area contributed by atoms with Gasteiger partial charge in [0.25, 0.3) is 0 Å². The molecule has 1 aromatic rings. The average molecular weight is 233 g/mol. The quantitative estimate of drug-likeness (QED) is 0.762. The zero-order valence-corrected chi connectivity index (χ0v) is 10.7. The maximum atomic E-state index is 5.85. The minimum absolute atomic E-state index is 0.251. The molecule has 1 heterocycles. The van der Waals surface area contributed by atoms with Crippen LogP contribution in [0, 0.1) is 0 Å². The molecule has 0 aromatic heterocycles. The fourth-order valence-electron chi connectivity index (χ4n) is 2.38. The first-order valence-electron chi connectivity index (χ1n) is 6.82. The van der Waals surface area contributed by atoms with Gasteiger partial charge in [0.1, 0.15) is 0 Å². The smallest absolute Gasteiger partial charge is 0.0952 e. The van der Waals surface area contributed by atoms with Gasteiger partial charge in [-0.05, 0) is 30.5 Å². The Morgan fingerprint density at radius 3 is 3.06 bits per heavy atom. The van der Waals surface area contributed by atoms with Crippen molar-refractivity contribution >= 4 is 0 Å². The summed E-state index contributed by atoms with van der Waals surface area (Å²) >= 11 is 0. The number of fused-ring (bicyclic) bond motifs is 1. The van der Waals surface area contributed by atoms with Crippen LogP contribution in [-0.4, -0.2) is 19.7 Å². The molecule has 1 unspecified atom stereocenters. The van der Waals surface area contributed by atoms with Crippen molar-refractivity contribution in [1.82, 2.24) is 5.32 Å². The van der Waals surface area contributed by atoms with E-state index >= 15 is 0 Å². The van der Waals surface area contributed by atoms with Crippen LogP contribution in [0.15, 0.2) is 24.3 Å². The van der Waals surface area contributed by atoms with Crippen molar-refractivity contribution in [2.45, 2.75) is 38.7 Å². The van der Waals surface area contributed by atoms with Crippen LogP contribution in [0.1, 0.15) is 43.4 Å². The van der Waals surface area contributed by atoms with Gasteiger partial charge in [-0.2, -0.15) is 0 Å². The maximum absolute atomic E-state index is 5.85. The molecule has 0 saturated heterocycles. The van der Waals surface area contributed by atoms with Crippen molar-refractivity contribution in [1.29, 1.82) is 0 Å². The normalized spacial score (nSPS) is 19.0. The van der Waals surface area contributed by atoms with Crippen LogP contribution >= 0.6 is 0 Å². The first-order chi connectivity index (χ1) is 8.42. The Morgan fingerprint density at radius 2 is 2.18 bits per heavy atom. The summed E-state index contributed by atoms with van der Waals surface area (Å²) in [7, 11) is 0. The van der Waals surface area contributed by atoms with Crippen molar-refractivity contribution in [2.75, 3.05) is 19.7 Å². The lowest BCUT2D eigenvalue weighted by Gasteiger charge is -2.26. The summed E-state index contributed by atoms with van der Waals surface area (Å²) in [6.45, 7) is 5.15.